The van der Waals surface area contributed by atoms with Gasteiger partial charge in [0.1, 0.15) is 11.6 Å². The lowest BCUT2D eigenvalue weighted by molar-refractivity contribution is 0.339. The number of aryl methyl sites for hydroxylation is 1. The van der Waals surface area contributed by atoms with Gasteiger partial charge in [-0.1, -0.05) is 50.2 Å². The predicted molar refractivity (Wildman–Crippen MR) is 120 cm³/mol. The smallest absolute Gasteiger partial charge is 0.146 e. The van der Waals surface area contributed by atoms with Crippen LogP contribution in [0.4, 0.5) is 15.8 Å². The zero-order valence-corrected chi connectivity index (χ0v) is 17.5. The summed E-state index contributed by atoms with van der Waals surface area (Å²) in [5.41, 5.74) is 3.95. The van der Waals surface area contributed by atoms with Crippen molar-refractivity contribution in [2.24, 2.45) is 0 Å². The fourth-order valence-corrected chi connectivity index (χ4v) is 3.55. The van der Waals surface area contributed by atoms with Crippen molar-refractivity contribution in [2.75, 3.05) is 11.9 Å². The minimum Gasteiger partial charge on any atom is -0.494 e. The minimum atomic E-state index is -0.229. The largest absolute Gasteiger partial charge is 0.494 e. The molecule has 2 nitrogen and oxygen atoms in total. The van der Waals surface area contributed by atoms with Gasteiger partial charge in [-0.3, -0.25) is 0 Å². The molecule has 3 aromatic carbocycles. The number of hydrogen-bond donors (Lipinski definition) is 1. The number of halogens is 1. The Kier molecular flexibility index (Phi) is 6.92. The van der Waals surface area contributed by atoms with E-state index in [1.165, 1.54) is 5.56 Å². The van der Waals surface area contributed by atoms with Crippen LogP contribution in [-0.4, -0.2) is 6.61 Å². The van der Waals surface area contributed by atoms with E-state index in [1.54, 1.807) is 6.07 Å². The van der Waals surface area contributed by atoms with Gasteiger partial charge < -0.3 is 10.1 Å². The maximum atomic E-state index is 14.2. The molecule has 0 atom stereocenters. The van der Waals surface area contributed by atoms with Crippen molar-refractivity contribution in [1.82, 2.24) is 0 Å². The Labute approximate surface area is 173 Å². The summed E-state index contributed by atoms with van der Waals surface area (Å²) in [6.07, 6.45) is 3.01. The Morgan fingerprint density at radius 2 is 1.66 bits per heavy atom. The third-order valence-corrected chi connectivity index (χ3v) is 5.30. The fraction of sp³-hybridized carbons (Fsp3) is 0.308. The minimum absolute atomic E-state index is 0.0793. The first-order chi connectivity index (χ1) is 14.0. The lowest BCUT2D eigenvalue weighted by Crippen LogP contribution is -2.17. The second-order valence-corrected chi connectivity index (χ2v) is 8.00. The molecule has 3 aromatic rings. The third kappa shape index (κ3) is 5.83. The molecule has 0 unspecified atom stereocenters. The zero-order chi connectivity index (χ0) is 20.7. The van der Waals surface area contributed by atoms with Crippen LogP contribution in [0.2, 0.25) is 0 Å². The first-order valence-corrected chi connectivity index (χ1v) is 10.3. The molecule has 0 spiro atoms. The van der Waals surface area contributed by atoms with Crippen molar-refractivity contribution in [3.63, 3.8) is 0 Å². The molecule has 0 heterocycles. The summed E-state index contributed by atoms with van der Waals surface area (Å²) in [4.78, 5) is 0. The number of nitrogens with one attached hydrogen (secondary N) is 1. The van der Waals surface area contributed by atoms with Crippen LogP contribution >= 0.6 is 0 Å². The number of ether oxygens (including phenoxy) is 1. The van der Waals surface area contributed by atoms with E-state index in [4.69, 9.17) is 4.74 Å². The summed E-state index contributed by atoms with van der Waals surface area (Å²) in [5, 5.41) is 3.17. The molecule has 0 bridgehead atoms. The molecule has 0 saturated carbocycles. The van der Waals surface area contributed by atoms with Gasteiger partial charge in [-0.25, -0.2) is 4.39 Å². The summed E-state index contributed by atoms with van der Waals surface area (Å²) in [6.45, 7) is 7.22. The van der Waals surface area contributed by atoms with Gasteiger partial charge >= 0.3 is 0 Å². The highest BCUT2D eigenvalue weighted by Crippen LogP contribution is 2.31. The van der Waals surface area contributed by atoms with Crippen LogP contribution in [0, 0.1) is 5.82 Å². The maximum Gasteiger partial charge on any atom is 0.146 e. The van der Waals surface area contributed by atoms with E-state index in [-0.39, 0.29) is 11.2 Å². The molecule has 3 heteroatoms. The van der Waals surface area contributed by atoms with Gasteiger partial charge in [0.2, 0.25) is 0 Å². The first kappa shape index (κ1) is 20.9. The molecule has 0 aromatic heterocycles. The molecule has 0 aliphatic rings. The summed E-state index contributed by atoms with van der Waals surface area (Å²) in [7, 11) is 0. The Morgan fingerprint density at radius 3 is 2.34 bits per heavy atom. The summed E-state index contributed by atoms with van der Waals surface area (Å²) in [5.74, 6) is 0.684. The van der Waals surface area contributed by atoms with E-state index >= 15 is 0 Å². The normalized spacial score (nSPS) is 11.3. The molecule has 0 saturated heterocycles. The lowest BCUT2D eigenvalue weighted by Gasteiger charge is -2.25. The van der Waals surface area contributed by atoms with Gasteiger partial charge in [-0.05, 0) is 79.1 Å². The third-order valence-electron chi connectivity index (χ3n) is 5.30. The fourth-order valence-electron chi connectivity index (χ4n) is 3.55. The van der Waals surface area contributed by atoms with Crippen molar-refractivity contribution >= 4 is 11.4 Å². The molecular weight excluding hydrogens is 361 g/mol. The predicted octanol–water partition coefficient (Wildman–Crippen LogP) is 7.27. The maximum absolute atomic E-state index is 14.2. The first-order valence-electron chi connectivity index (χ1n) is 10.3. The molecule has 3 rings (SSSR count). The van der Waals surface area contributed by atoms with Crippen molar-refractivity contribution in [2.45, 2.75) is 45.4 Å². The van der Waals surface area contributed by atoms with Crippen LogP contribution in [0.1, 0.15) is 44.7 Å². The van der Waals surface area contributed by atoms with Crippen LogP contribution in [0.5, 0.6) is 5.75 Å². The van der Waals surface area contributed by atoms with Crippen LogP contribution < -0.4 is 10.1 Å². The van der Waals surface area contributed by atoms with Crippen LogP contribution in [0.25, 0.3) is 0 Å². The van der Waals surface area contributed by atoms with E-state index in [2.05, 4.69) is 31.3 Å². The molecule has 0 fully saturated rings. The SMILES string of the molecule is CCOc1ccc(C(C)(C)CCCc2ccc(F)c(Nc3ccccc3)c2)cc1. The van der Waals surface area contributed by atoms with Gasteiger partial charge in [0.05, 0.1) is 12.3 Å². The van der Waals surface area contributed by atoms with Gasteiger partial charge in [0.25, 0.3) is 0 Å². The molecule has 0 aliphatic carbocycles. The van der Waals surface area contributed by atoms with Gasteiger partial charge in [-0.15, -0.1) is 0 Å². The Hall–Kier alpha value is -2.81. The van der Waals surface area contributed by atoms with Gasteiger partial charge in [0, 0.05) is 5.69 Å². The summed E-state index contributed by atoms with van der Waals surface area (Å²) in [6, 6.07) is 23.5. The van der Waals surface area contributed by atoms with Crippen LogP contribution in [-0.2, 0) is 11.8 Å². The molecular formula is C26H30FNO. The number of hydrogen-bond acceptors (Lipinski definition) is 2. The number of para-hydroxylation sites is 1. The number of benzene rings is 3. The average Bonchev–Trinajstić information content (AvgIpc) is 2.72. The van der Waals surface area contributed by atoms with Crippen molar-refractivity contribution in [3.05, 3.63) is 89.7 Å². The highest BCUT2D eigenvalue weighted by molar-refractivity contribution is 5.60. The topological polar surface area (TPSA) is 21.3 Å². The molecule has 1 N–H and O–H groups in total. The Balaban J connectivity index is 1.60. The number of anilines is 2. The van der Waals surface area contributed by atoms with E-state index in [0.29, 0.717) is 12.3 Å². The van der Waals surface area contributed by atoms with E-state index in [1.807, 2.05) is 61.5 Å². The highest BCUT2D eigenvalue weighted by Gasteiger charge is 2.20. The monoisotopic (exact) mass is 391 g/mol. The van der Waals surface area contributed by atoms with Crippen molar-refractivity contribution in [3.8, 4) is 5.75 Å². The summed E-state index contributed by atoms with van der Waals surface area (Å²) < 4.78 is 19.7. The van der Waals surface area contributed by atoms with E-state index < -0.39 is 0 Å². The van der Waals surface area contributed by atoms with Gasteiger partial charge in [-0.2, -0.15) is 0 Å². The Morgan fingerprint density at radius 1 is 0.931 bits per heavy atom. The summed E-state index contributed by atoms with van der Waals surface area (Å²) >= 11 is 0. The Bertz CT molecular complexity index is 904. The zero-order valence-electron chi connectivity index (χ0n) is 17.5. The van der Waals surface area contributed by atoms with Crippen LogP contribution in [0.3, 0.4) is 0 Å². The standard InChI is InChI=1S/C26H30FNO/c1-4-29-23-15-13-21(14-16-23)26(2,3)18-8-9-20-12-17-24(27)25(19-20)28-22-10-6-5-7-11-22/h5-7,10-17,19,28H,4,8-9,18H2,1-3H3. The van der Waals surface area contributed by atoms with Crippen LogP contribution in [0.15, 0.2) is 72.8 Å². The van der Waals surface area contributed by atoms with Crippen molar-refractivity contribution in [1.29, 1.82) is 0 Å². The van der Waals surface area contributed by atoms with Gasteiger partial charge in [0.15, 0.2) is 0 Å². The molecule has 0 radical (unpaired) electrons. The second-order valence-electron chi connectivity index (χ2n) is 8.00. The lowest BCUT2D eigenvalue weighted by atomic mass is 9.80. The molecule has 152 valence electrons. The number of rotatable bonds is 9. The molecule has 0 aliphatic heterocycles. The highest BCUT2D eigenvalue weighted by atomic mass is 19.1. The van der Waals surface area contributed by atoms with E-state index in [9.17, 15) is 4.39 Å². The molecule has 29 heavy (non-hydrogen) atoms. The second kappa shape index (κ2) is 9.60. The van der Waals surface area contributed by atoms with E-state index in [0.717, 1.165) is 36.3 Å². The van der Waals surface area contributed by atoms with Crippen molar-refractivity contribution < 1.29 is 9.13 Å². The average molecular weight is 392 g/mol. The molecule has 0 amide bonds. The quantitative estimate of drug-likeness (QED) is 0.414.